The molecule has 8 rings (SSSR count). The third-order valence-corrected chi connectivity index (χ3v) is 17.8. The van der Waals surface area contributed by atoms with E-state index in [0.717, 1.165) is 38.5 Å². The van der Waals surface area contributed by atoms with Gasteiger partial charge in [0.15, 0.2) is 24.8 Å². The first-order valence-corrected chi connectivity index (χ1v) is 21.6. The maximum atomic E-state index is 12.5. The minimum atomic E-state index is -1.65. The van der Waals surface area contributed by atoms with Crippen molar-refractivity contribution in [2.45, 2.75) is 211 Å². The Kier molecular flexibility index (Phi) is 10.3. The van der Waals surface area contributed by atoms with E-state index >= 15 is 0 Å². The zero-order valence-electron chi connectivity index (χ0n) is 35.3. The molecular weight excluding hydrogens is 740 g/mol. The van der Waals surface area contributed by atoms with Gasteiger partial charge in [-0.2, -0.15) is 0 Å². The van der Waals surface area contributed by atoms with Crippen molar-refractivity contribution in [2.75, 3.05) is 6.61 Å². The zero-order chi connectivity index (χ0) is 41.6. The number of carbonyl (C=O) groups excluding carboxylic acids is 1. The highest BCUT2D eigenvalue weighted by molar-refractivity contribution is 5.66. The van der Waals surface area contributed by atoms with E-state index in [0.29, 0.717) is 19.3 Å². The number of ether oxygens (including phenoxy) is 6. The fraction of sp³-hybridized carbons (Fsp3) is 0.977. The van der Waals surface area contributed by atoms with Gasteiger partial charge in [0.2, 0.25) is 0 Å². The van der Waals surface area contributed by atoms with Gasteiger partial charge in [0.05, 0.1) is 48.3 Å². The standard InChI is InChI=1S/C43H70O14/c1-20-28(48)29(49)30(50)35(53-20)56-32-31(54-21(2)44)24(47)18-52-36(32)55-26-11-13-43-19-42(43)15-14-39(7)34(41(9)12-10-27(57-41)38(5,6)51)23(46)17-40(39,8)25(42)16-22(45)33(43)37(26,3)4/h20,22-36,45-51H,10-19H2,1-9H3. The molecule has 57 heavy (non-hydrogen) atoms. The Hall–Kier alpha value is -1.01. The molecule has 21 atom stereocenters. The Bertz CT molecular complexity index is 1550. The van der Waals surface area contributed by atoms with Gasteiger partial charge in [-0.05, 0) is 124 Å². The van der Waals surface area contributed by atoms with E-state index < -0.39 is 96.2 Å². The maximum absolute atomic E-state index is 12.5. The van der Waals surface area contributed by atoms with Gasteiger partial charge < -0.3 is 64.2 Å². The highest BCUT2D eigenvalue weighted by atomic mass is 16.8. The van der Waals surface area contributed by atoms with Crippen LogP contribution in [0.4, 0.5) is 0 Å². The number of aliphatic hydroxyl groups excluding tert-OH is 6. The van der Waals surface area contributed by atoms with Crippen molar-refractivity contribution < 1.29 is 69.0 Å². The normalized spacial score (nSPS) is 56.9. The Balaban J connectivity index is 1.04. The maximum Gasteiger partial charge on any atom is 0.303 e. The van der Waals surface area contributed by atoms with E-state index in [4.69, 9.17) is 28.4 Å². The molecule has 8 aliphatic rings. The summed E-state index contributed by atoms with van der Waals surface area (Å²) in [6, 6.07) is 0. The summed E-state index contributed by atoms with van der Waals surface area (Å²) in [7, 11) is 0. The van der Waals surface area contributed by atoms with Gasteiger partial charge >= 0.3 is 5.97 Å². The summed E-state index contributed by atoms with van der Waals surface area (Å²) in [6.07, 6.45) is -6.54. The molecule has 3 aliphatic heterocycles. The molecule has 14 nitrogen and oxygen atoms in total. The van der Waals surface area contributed by atoms with E-state index in [1.54, 1.807) is 13.8 Å². The van der Waals surface area contributed by atoms with E-state index in [1.807, 2.05) is 0 Å². The van der Waals surface area contributed by atoms with Crippen LogP contribution in [0, 0.1) is 44.8 Å². The highest BCUT2D eigenvalue weighted by Gasteiger charge is 2.85. The molecular formula is C43H70O14. The SMILES string of the molecule is CC(=O)OC1C(O)COC(OC2CCC34CC35CCC3(C)C(C6(C)CCC(C(C)(C)O)O6)C(O)CC3(C)C5CC(O)C4C2(C)C)C1OC1OC(C)C(O)C(O)C1O. The minimum Gasteiger partial charge on any atom is -0.457 e. The van der Waals surface area contributed by atoms with Gasteiger partial charge in [-0.1, -0.05) is 27.7 Å². The number of hydrogen-bond acceptors (Lipinski definition) is 14. The van der Waals surface area contributed by atoms with Crippen molar-refractivity contribution in [1.82, 2.24) is 0 Å². The van der Waals surface area contributed by atoms with Crippen LogP contribution in [0.2, 0.25) is 0 Å². The lowest BCUT2D eigenvalue weighted by molar-refractivity contribution is -0.364. The lowest BCUT2D eigenvalue weighted by Crippen LogP contribution is -2.64. The molecule has 3 heterocycles. The van der Waals surface area contributed by atoms with Gasteiger partial charge in [0.1, 0.15) is 24.4 Å². The van der Waals surface area contributed by atoms with Gasteiger partial charge in [-0.3, -0.25) is 4.79 Å². The van der Waals surface area contributed by atoms with Crippen LogP contribution < -0.4 is 0 Å². The molecule has 0 aromatic heterocycles. The van der Waals surface area contributed by atoms with Gasteiger partial charge in [0.25, 0.3) is 0 Å². The Morgan fingerprint density at radius 1 is 0.754 bits per heavy atom. The van der Waals surface area contributed by atoms with Crippen molar-refractivity contribution in [3.8, 4) is 0 Å². The Morgan fingerprint density at radius 2 is 1.46 bits per heavy atom. The molecule has 14 heteroatoms. The molecule has 0 radical (unpaired) electrons. The van der Waals surface area contributed by atoms with Gasteiger partial charge in [-0.25, -0.2) is 0 Å². The summed E-state index contributed by atoms with van der Waals surface area (Å²) in [5.41, 5.74) is -2.65. The van der Waals surface area contributed by atoms with Crippen molar-refractivity contribution in [2.24, 2.45) is 44.8 Å². The molecule has 5 saturated carbocycles. The molecule has 2 spiro atoms. The Morgan fingerprint density at radius 3 is 2.11 bits per heavy atom. The fourth-order valence-corrected chi connectivity index (χ4v) is 15.2. The lowest BCUT2D eigenvalue weighted by Gasteiger charge is -2.64. The van der Waals surface area contributed by atoms with Crippen LogP contribution in [0.1, 0.15) is 120 Å². The van der Waals surface area contributed by atoms with Crippen LogP contribution in [0.25, 0.3) is 0 Å². The van der Waals surface area contributed by atoms with E-state index in [9.17, 15) is 40.5 Å². The first kappa shape index (κ1) is 42.7. The number of carbonyl (C=O) groups is 1. The van der Waals surface area contributed by atoms with E-state index in [1.165, 1.54) is 13.8 Å². The summed E-state index contributed by atoms with van der Waals surface area (Å²) >= 11 is 0. The lowest BCUT2D eigenvalue weighted by atomic mass is 9.41. The van der Waals surface area contributed by atoms with Gasteiger partial charge in [0, 0.05) is 12.8 Å². The molecule has 0 aromatic rings. The fourth-order valence-electron chi connectivity index (χ4n) is 15.2. The molecule has 8 fully saturated rings. The molecule has 7 N–H and O–H groups in total. The molecule has 5 aliphatic carbocycles. The van der Waals surface area contributed by atoms with Crippen molar-refractivity contribution >= 4 is 5.97 Å². The number of hydrogen-bond donors (Lipinski definition) is 7. The third kappa shape index (κ3) is 6.11. The minimum absolute atomic E-state index is 0.0170. The first-order chi connectivity index (χ1) is 26.4. The second-order valence-electron chi connectivity index (χ2n) is 21.6. The zero-order valence-corrected chi connectivity index (χ0v) is 35.3. The highest BCUT2D eigenvalue weighted by Crippen LogP contribution is 2.89. The van der Waals surface area contributed by atoms with E-state index in [-0.39, 0.29) is 52.1 Å². The van der Waals surface area contributed by atoms with Crippen molar-refractivity contribution in [3.63, 3.8) is 0 Å². The molecule has 0 bridgehead atoms. The predicted molar refractivity (Wildman–Crippen MR) is 202 cm³/mol. The van der Waals surface area contributed by atoms with Crippen LogP contribution in [-0.2, 0) is 33.2 Å². The summed E-state index contributed by atoms with van der Waals surface area (Å²) in [6.45, 7) is 17.3. The van der Waals surface area contributed by atoms with Crippen LogP contribution in [-0.4, -0.2) is 139 Å². The molecule has 3 saturated heterocycles. The average Bonchev–Trinajstić information content (AvgIpc) is 3.46. The number of esters is 1. The number of aliphatic hydroxyl groups is 7. The topological polar surface area (TPSA) is 214 Å². The average molecular weight is 811 g/mol. The largest absolute Gasteiger partial charge is 0.457 e. The molecule has 326 valence electrons. The summed E-state index contributed by atoms with van der Waals surface area (Å²) in [4.78, 5) is 12.3. The van der Waals surface area contributed by atoms with Gasteiger partial charge in [-0.15, -0.1) is 0 Å². The summed E-state index contributed by atoms with van der Waals surface area (Å²) in [5.74, 6) is -0.650. The Labute approximate surface area is 336 Å². The number of fused-ring (bicyclic) bond motifs is 2. The predicted octanol–water partition coefficient (Wildman–Crippen LogP) is 2.32. The first-order valence-electron chi connectivity index (χ1n) is 21.6. The number of rotatable bonds is 7. The van der Waals surface area contributed by atoms with E-state index in [2.05, 4.69) is 34.6 Å². The third-order valence-electron chi connectivity index (χ3n) is 17.8. The molecule has 21 unspecified atom stereocenters. The van der Waals surface area contributed by atoms with Crippen molar-refractivity contribution in [3.05, 3.63) is 0 Å². The summed E-state index contributed by atoms with van der Waals surface area (Å²) in [5, 5.41) is 78.0. The molecule has 0 aromatic carbocycles. The van der Waals surface area contributed by atoms with Crippen LogP contribution in [0.5, 0.6) is 0 Å². The second kappa shape index (κ2) is 13.7. The molecule has 0 amide bonds. The quantitative estimate of drug-likeness (QED) is 0.145. The van der Waals surface area contributed by atoms with Crippen molar-refractivity contribution in [1.29, 1.82) is 0 Å². The monoisotopic (exact) mass is 810 g/mol. The summed E-state index contributed by atoms with van der Waals surface area (Å²) < 4.78 is 37.1. The van der Waals surface area contributed by atoms with Crippen LogP contribution in [0.3, 0.4) is 0 Å². The second-order valence-corrected chi connectivity index (χ2v) is 21.6. The smallest absolute Gasteiger partial charge is 0.303 e. The van der Waals surface area contributed by atoms with Crippen LogP contribution >= 0.6 is 0 Å². The van der Waals surface area contributed by atoms with Crippen LogP contribution in [0.15, 0.2) is 0 Å².